The van der Waals surface area contributed by atoms with Crippen LogP contribution in [0.1, 0.15) is 23.4 Å². The molecular weight excluding hydrogens is 353 g/mol. The average molecular weight is 365 g/mol. The maximum absolute atomic E-state index is 6.07. The van der Waals surface area contributed by atoms with E-state index in [1.165, 1.54) is 4.88 Å². The molecule has 1 atom stereocenters. The SMILES string of the molecule is CCNC(c1cc(Cl)cc(Cl)c1)c1ccc(Br)s1. The van der Waals surface area contributed by atoms with Gasteiger partial charge in [0.1, 0.15) is 0 Å². The van der Waals surface area contributed by atoms with E-state index < -0.39 is 0 Å². The molecule has 0 aliphatic rings. The summed E-state index contributed by atoms with van der Waals surface area (Å²) in [5, 5.41) is 4.78. The van der Waals surface area contributed by atoms with E-state index in [9.17, 15) is 0 Å². The summed E-state index contributed by atoms with van der Waals surface area (Å²) >= 11 is 17.3. The fourth-order valence-electron chi connectivity index (χ4n) is 1.81. The quantitative estimate of drug-likeness (QED) is 0.753. The summed E-state index contributed by atoms with van der Waals surface area (Å²) in [6.45, 7) is 2.96. The molecule has 0 aliphatic heterocycles. The number of rotatable bonds is 4. The van der Waals surface area contributed by atoms with Gasteiger partial charge in [-0.2, -0.15) is 0 Å². The Morgan fingerprint density at radius 3 is 2.39 bits per heavy atom. The van der Waals surface area contributed by atoms with Crippen molar-refractivity contribution in [2.24, 2.45) is 0 Å². The Balaban J connectivity index is 2.40. The van der Waals surface area contributed by atoms with E-state index in [2.05, 4.69) is 40.3 Å². The molecule has 0 saturated heterocycles. The van der Waals surface area contributed by atoms with Crippen LogP contribution in [-0.4, -0.2) is 6.54 Å². The topological polar surface area (TPSA) is 12.0 Å². The van der Waals surface area contributed by atoms with Gasteiger partial charge in [0, 0.05) is 14.9 Å². The first-order chi connectivity index (χ1) is 8.60. The molecular formula is C13H12BrCl2NS. The van der Waals surface area contributed by atoms with Crippen LogP contribution in [0.2, 0.25) is 10.0 Å². The van der Waals surface area contributed by atoms with Crippen LogP contribution in [0.3, 0.4) is 0 Å². The molecule has 0 saturated carbocycles. The highest BCUT2D eigenvalue weighted by Gasteiger charge is 2.16. The maximum Gasteiger partial charge on any atom is 0.0702 e. The molecule has 1 nitrogen and oxygen atoms in total. The van der Waals surface area contributed by atoms with Crippen molar-refractivity contribution < 1.29 is 0 Å². The zero-order chi connectivity index (χ0) is 13.1. The first-order valence-corrected chi connectivity index (χ1v) is 7.91. The molecule has 0 bridgehead atoms. The Labute approximate surface area is 129 Å². The third-order valence-electron chi connectivity index (χ3n) is 2.50. The van der Waals surface area contributed by atoms with Gasteiger partial charge in [-0.15, -0.1) is 11.3 Å². The van der Waals surface area contributed by atoms with E-state index in [4.69, 9.17) is 23.2 Å². The fraction of sp³-hybridized carbons (Fsp3) is 0.231. The molecule has 0 radical (unpaired) electrons. The van der Waals surface area contributed by atoms with Crippen LogP contribution in [0.5, 0.6) is 0 Å². The molecule has 2 aromatic rings. The van der Waals surface area contributed by atoms with Gasteiger partial charge in [0.2, 0.25) is 0 Å². The molecule has 1 N–H and O–H groups in total. The van der Waals surface area contributed by atoms with Gasteiger partial charge in [-0.1, -0.05) is 30.1 Å². The van der Waals surface area contributed by atoms with E-state index >= 15 is 0 Å². The van der Waals surface area contributed by atoms with Crippen LogP contribution in [0, 0.1) is 0 Å². The minimum Gasteiger partial charge on any atom is -0.306 e. The molecule has 2 rings (SSSR count). The van der Waals surface area contributed by atoms with Gasteiger partial charge in [0.25, 0.3) is 0 Å². The number of nitrogens with one attached hydrogen (secondary N) is 1. The molecule has 1 aromatic carbocycles. The van der Waals surface area contributed by atoms with Gasteiger partial charge in [-0.25, -0.2) is 0 Å². The van der Waals surface area contributed by atoms with Crippen molar-refractivity contribution in [3.05, 3.63) is 54.6 Å². The van der Waals surface area contributed by atoms with E-state index in [0.717, 1.165) is 15.9 Å². The zero-order valence-electron chi connectivity index (χ0n) is 9.71. The van der Waals surface area contributed by atoms with Crippen molar-refractivity contribution in [2.75, 3.05) is 6.54 Å². The minimum absolute atomic E-state index is 0.127. The standard InChI is InChI=1S/C13H12BrCl2NS/c1-2-17-13(11-3-4-12(14)18-11)8-5-9(15)7-10(16)6-8/h3-7,13,17H,2H2,1H3. The zero-order valence-corrected chi connectivity index (χ0v) is 13.6. The van der Waals surface area contributed by atoms with Crippen molar-refractivity contribution in [1.29, 1.82) is 0 Å². The third-order valence-corrected chi connectivity index (χ3v) is 4.63. The van der Waals surface area contributed by atoms with Crippen LogP contribution in [-0.2, 0) is 0 Å². The summed E-state index contributed by atoms with van der Waals surface area (Å²) < 4.78 is 1.12. The van der Waals surface area contributed by atoms with E-state index in [-0.39, 0.29) is 6.04 Å². The Hall–Kier alpha value is -0.0600. The molecule has 0 fully saturated rings. The maximum atomic E-state index is 6.07. The Morgan fingerprint density at radius 1 is 1.22 bits per heavy atom. The summed E-state index contributed by atoms with van der Waals surface area (Å²) in [4.78, 5) is 1.24. The van der Waals surface area contributed by atoms with E-state index in [1.807, 2.05) is 12.1 Å². The molecule has 1 heterocycles. The molecule has 1 aromatic heterocycles. The summed E-state index contributed by atoms with van der Waals surface area (Å²) in [5.41, 5.74) is 1.09. The summed E-state index contributed by atoms with van der Waals surface area (Å²) in [6, 6.07) is 9.94. The smallest absolute Gasteiger partial charge is 0.0702 e. The first kappa shape index (κ1) is 14.4. The number of benzene rings is 1. The highest BCUT2D eigenvalue weighted by atomic mass is 79.9. The number of halogens is 3. The predicted octanol–water partition coefficient (Wildman–Crippen LogP) is 5.52. The summed E-state index contributed by atoms with van der Waals surface area (Å²) in [7, 11) is 0. The Morgan fingerprint density at radius 2 is 1.89 bits per heavy atom. The van der Waals surface area contributed by atoms with Crippen LogP contribution in [0.25, 0.3) is 0 Å². The van der Waals surface area contributed by atoms with Gasteiger partial charge in [0.15, 0.2) is 0 Å². The van der Waals surface area contributed by atoms with E-state index in [0.29, 0.717) is 10.0 Å². The van der Waals surface area contributed by atoms with Gasteiger partial charge in [0.05, 0.1) is 9.83 Å². The predicted molar refractivity (Wildman–Crippen MR) is 84.0 cm³/mol. The second kappa shape index (κ2) is 6.40. The lowest BCUT2D eigenvalue weighted by Gasteiger charge is -2.17. The van der Waals surface area contributed by atoms with Gasteiger partial charge in [-0.3, -0.25) is 0 Å². The van der Waals surface area contributed by atoms with E-state index in [1.54, 1.807) is 17.4 Å². The first-order valence-electron chi connectivity index (χ1n) is 5.54. The molecule has 18 heavy (non-hydrogen) atoms. The van der Waals surface area contributed by atoms with Crippen molar-refractivity contribution in [1.82, 2.24) is 5.32 Å². The normalized spacial score (nSPS) is 12.7. The van der Waals surface area contributed by atoms with Gasteiger partial charge >= 0.3 is 0 Å². The average Bonchev–Trinajstić information content (AvgIpc) is 2.71. The second-order valence-electron chi connectivity index (χ2n) is 3.84. The highest BCUT2D eigenvalue weighted by molar-refractivity contribution is 9.11. The van der Waals surface area contributed by atoms with Gasteiger partial charge < -0.3 is 5.32 Å². The summed E-state index contributed by atoms with van der Waals surface area (Å²) in [6.07, 6.45) is 0. The molecule has 0 spiro atoms. The second-order valence-corrected chi connectivity index (χ2v) is 7.20. The molecule has 0 aliphatic carbocycles. The van der Waals surface area contributed by atoms with Crippen LogP contribution >= 0.6 is 50.5 Å². The van der Waals surface area contributed by atoms with Crippen molar-refractivity contribution in [3.63, 3.8) is 0 Å². The minimum atomic E-state index is 0.127. The third kappa shape index (κ3) is 3.49. The van der Waals surface area contributed by atoms with Crippen LogP contribution < -0.4 is 5.32 Å². The molecule has 0 amide bonds. The molecule has 1 unspecified atom stereocenters. The molecule has 96 valence electrons. The lowest BCUT2D eigenvalue weighted by molar-refractivity contribution is 0.640. The lowest BCUT2D eigenvalue weighted by atomic mass is 10.1. The summed E-state index contributed by atoms with van der Waals surface area (Å²) in [5.74, 6) is 0. The Kier molecular flexibility index (Phi) is 5.10. The van der Waals surface area contributed by atoms with Crippen LogP contribution in [0.15, 0.2) is 34.1 Å². The Bertz CT molecular complexity index is 521. The van der Waals surface area contributed by atoms with Gasteiger partial charge in [-0.05, 0) is 58.4 Å². The largest absolute Gasteiger partial charge is 0.306 e. The highest BCUT2D eigenvalue weighted by Crippen LogP contribution is 2.33. The van der Waals surface area contributed by atoms with Crippen molar-refractivity contribution in [3.8, 4) is 0 Å². The number of hydrogen-bond donors (Lipinski definition) is 1. The molecule has 5 heteroatoms. The van der Waals surface area contributed by atoms with Crippen molar-refractivity contribution >= 4 is 50.5 Å². The fourth-order valence-corrected chi connectivity index (χ4v) is 3.88. The number of thiophene rings is 1. The lowest BCUT2D eigenvalue weighted by Crippen LogP contribution is -2.21. The monoisotopic (exact) mass is 363 g/mol. The number of hydrogen-bond acceptors (Lipinski definition) is 2. The van der Waals surface area contributed by atoms with Crippen molar-refractivity contribution in [2.45, 2.75) is 13.0 Å². The van der Waals surface area contributed by atoms with Crippen LogP contribution in [0.4, 0.5) is 0 Å².